The molecule has 1 aliphatic heterocycles. The Labute approximate surface area is 106 Å². The molecule has 0 spiro atoms. The van der Waals surface area contributed by atoms with E-state index in [1.54, 1.807) is 26.0 Å². The molecule has 0 aliphatic carbocycles. The van der Waals surface area contributed by atoms with Crippen molar-refractivity contribution < 1.29 is 9.59 Å². The Morgan fingerprint density at radius 2 is 2.22 bits per heavy atom. The second-order valence-corrected chi connectivity index (χ2v) is 5.14. The second kappa shape index (κ2) is 4.42. The third-order valence-electron chi connectivity index (χ3n) is 3.11. The van der Waals surface area contributed by atoms with Crippen LogP contribution < -0.4 is 16.4 Å². The number of hydrogen-bond acceptors (Lipinski definition) is 3. The Bertz CT molecular complexity index is 509. The van der Waals surface area contributed by atoms with Crippen molar-refractivity contribution >= 4 is 23.2 Å². The molecule has 0 bridgehead atoms. The Balaban J connectivity index is 2.15. The fourth-order valence-electron chi connectivity index (χ4n) is 1.70. The number of amides is 2. The average Bonchev–Trinajstić information content (AvgIpc) is 2.68. The number of anilines is 2. The number of carbonyl (C=O) groups is 2. The quantitative estimate of drug-likeness (QED) is 0.748. The van der Waals surface area contributed by atoms with E-state index in [0.29, 0.717) is 12.1 Å². The number of benzene rings is 1. The van der Waals surface area contributed by atoms with Crippen LogP contribution in [0.15, 0.2) is 18.2 Å². The summed E-state index contributed by atoms with van der Waals surface area (Å²) in [5.74, 6) is -0.141. The lowest BCUT2D eigenvalue weighted by atomic mass is 9.92. The highest BCUT2D eigenvalue weighted by Gasteiger charge is 2.26. The highest BCUT2D eigenvalue weighted by molar-refractivity contribution is 6.00. The highest BCUT2D eigenvalue weighted by atomic mass is 16.2. The van der Waals surface area contributed by atoms with Crippen molar-refractivity contribution in [2.75, 3.05) is 17.2 Å². The molecule has 0 saturated heterocycles. The maximum Gasteiger partial charge on any atom is 0.231 e. The minimum Gasteiger partial charge on any atom is -0.329 e. The molecule has 96 valence electrons. The molecule has 0 unspecified atom stereocenters. The summed E-state index contributed by atoms with van der Waals surface area (Å²) in [6, 6.07) is 5.39. The summed E-state index contributed by atoms with van der Waals surface area (Å²) in [5.41, 5.74) is 7.36. The molecular formula is C13H17N3O2. The molecule has 1 aromatic carbocycles. The monoisotopic (exact) mass is 247 g/mol. The van der Waals surface area contributed by atoms with Crippen molar-refractivity contribution in [2.45, 2.75) is 20.3 Å². The minimum atomic E-state index is -0.604. The predicted octanol–water partition coefficient (Wildman–Crippen LogP) is 1.10. The molecule has 0 radical (unpaired) electrons. The van der Waals surface area contributed by atoms with Crippen LogP contribution >= 0.6 is 0 Å². The summed E-state index contributed by atoms with van der Waals surface area (Å²) >= 11 is 0. The van der Waals surface area contributed by atoms with E-state index in [0.717, 1.165) is 11.3 Å². The summed E-state index contributed by atoms with van der Waals surface area (Å²) in [4.78, 5) is 23.2. The number of carbonyl (C=O) groups excluding carboxylic acids is 2. The van der Waals surface area contributed by atoms with Gasteiger partial charge in [-0.05, 0) is 37.6 Å². The number of nitrogens with one attached hydrogen (secondary N) is 2. The minimum absolute atomic E-state index is 0.0178. The van der Waals surface area contributed by atoms with Gasteiger partial charge in [0.2, 0.25) is 11.8 Å². The van der Waals surface area contributed by atoms with E-state index in [-0.39, 0.29) is 18.4 Å². The first-order valence-corrected chi connectivity index (χ1v) is 5.87. The van der Waals surface area contributed by atoms with Crippen molar-refractivity contribution in [3.8, 4) is 0 Å². The van der Waals surface area contributed by atoms with Gasteiger partial charge in [0, 0.05) is 17.9 Å². The van der Waals surface area contributed by atoms with Gasteiger partial charge in [-0.2, -0.15) is 0 Å². The number of nitrogens with two attached hydrogens (primary N) is 1. The molecule has 5 nitrogen and oxygen atoms in total. The van der Waals surface area contributed by atoms with Crippen LogP contribution in [0.2, 0.25) is 0 Å². The number of rotatable bonds is 3. The smallest absolute Gasteiger partial charge is 0.231 e. The van der Waals surface area contributed by atoms with Gasteiger partial charge in [-0.3, -0.25) is 9.59 Å². The van der Waals surface area contributed by atoms with Gasteiger partial charge >= 0.3 is 0 Å². The van der Waals surface area contributed by atoms with Crippen LogP contribution in [0.4, 0.5) is 11.4 Å². The van der Waals surface area contributed by atoms with E-state index >= 15 is 0 Å². The number of fused-ring (bicyclic) bond motifs is 1. The Kier molecular flexibility index (Phi) is 3.09. The molecule has 0 atom stereocenters. The van der Waals surface area contributed by atoms with Crippen LogP contribution in [0.1, 0.15) is 19.4 Å². The van der Waals surface area contributed by atoms with Crippen LogP contribution in [0.25, 0.3) is 0 Å². The first kappa shape index (κ1) is 12.6. The molecule has 2 rings (SSSR count). The Morgan fingerprint density at radius 3 is 2.89 bits per heavy atom. The lowest BCUT2D eigenvalue weighted by Crippen LogP contribution is -2.37. The van der Waals surface area contributed by atoms with Gasteiger partial charge in [0.15, 0.2) is 0 Å². The number of hydrogen-bond donors (Lipinski definition) is 3. The Morgan fingerprint density at radius 1 is 1.50 bits per heavy atom. The highest BCUT2D eigenvalue weighted by Crippen LogP contribution is 2.27. The fraction of sp³-hybridized carbons (Fsp3) is 0.385. The predicted molar refractivity (Wildman–Crippen MR) is 70.2 cm³/mol. The normalized spacial score (nSPS) is 14.1. The molecule has 1 aromatic rings. The molecule has 4 N–H and O–H groups in total. The van der Waals surface area contributed by atoms with Crippen molar-refractivity contribution in [2.24, 2.45) is 11.1 Å². The van der Waals surface area contributed by atoms with Crippen LogP contribution in [-0.2, 0) is 16.0 Å². The van der Waals surface area contributed by atoms with E-state index in [1.807, 2.05) is 6.07 Å². The fourth-order valence-corrected chi connectivity index (χ4v) is 1.70. The summed E-state index contributed by atoms with van der Waals surface area (Å²) < 4.78 is 0. The molecule has 0 saturated carbocycles. The zero-order chi connectivity index (χ0) is 13.3. The molecular weight excluding hydrogens is 230 g/mol. The van der Waals surface area contributed by atoms with E-state index in [2.05, 4.69) is 10.6 Å². The third kappa shape index (κ3) is 2.36. The van der Waals surface area contributed by atoms with Crippen molar-refractivity contribution in [3.05, 3.63) is 23.8 Å². The first-order valence-electron chi connectivity index (χ1n) is 5.87. The molecule has 0 fully saturated rings. The topological polar surface area (TPSA) is 84.2 Å². The van der Waals surface area contributed by atoms with E-state index < -0.39 is 5.41 Å². The molecule has 5 heteroatoms. The maximum absolute atomic E-state index is 12.0. The summed E-state index contributed by atoms with van der Waals surface area (Å²) in [7, 11) is 0. The van der Waals surface area contributed by atoms with Crippen molar-refractivity contribution in [1.29, 1.82) is 0 Å². The van der Waals surface area contributed by atoms with Crippen molar-refractivity contribution in [3.63, 3.8) is 0 Å². The van der Waals surface area contributed by atoms with Gasteiger partial charge in [0.25, 0.3) is 0 Å². The van der Waals surface area contributed by atoms with E-state index in [9.17, 15) is 9.59 Å². The molecule has 0 aromatic heterocycles. The lowest BCUT2D eigenvalue weighted by Gasteiger charge is -2.21. The molecule has 1 heterocycles. The Hall–Kier alpha value is -1.88. The average molecular weight is 247 g/mol. The summed E-state index contributed by atoms with van der Waals surface area (Å²) in [6.07, 6.45) is 0.360. The van der Waals surface area contributed by atoms with Crippen LogP contribution in [0.3, 0.4) is 0 Å². The van der Waals surface area contributed by atoms with E-state index in [4.69, 9.17) is 5.73 Å². The van der Waals surface area contributed by atoms with Crippen LogP contribution in [-0.4, -0.2) is 18.4 Å². The van der Waals surface area contributed by atoms with Gasteiger partial charge in [-0.1, -0.05) is 0 Å². The van der Waals surface area contributed by atoms with Crippen LogP contribution in [0.5, 0.6) is 0 Å². The van der Waals surface area contributed by atoms with Gasteiger partial charge < -0.3 is 16.4 Å². The summed E-state index contributed by atoms with van der Waals surface area (Å²) in [6.45, 7) is 3.87. The molecule has 2 amide bonds. The zero-order valence-corrected chi connectivity index (χ0v) is 10.5. The maximum atomic E-state index is 12.0. The van der Waals surface area contributed by atoms with Gasteiger partial charge in [-0.15, -0.1) is 0 Å². The second-order valence-electron chi connectivity index (χ2n) is 5.14. The van der Waals surface area contributed by atoms with Gasteiger partial charge in [0.05, 0.1) is 11.8 Å². The van der Waals surface area contributed by atoms with E-state index in [1.165, 1.54) is 0 Å². The van der Waals surface area contributed by atoms with Gasteiger partial charge in [-0.25, -0.2) is 0 Å². The first-order chi connectivity index (χ1) is 8.42. The zero-order valence-electron chi connectivity index (χ0n) is 10.5. The SMILES string of the molecule is CC(C)(CN)C(=O)Nc1ccc2c(c1)CC(=O)N2. The van der Waals surface area contributed by atoms with Crippen LogP contribution in [0, 0.1) is 5.41 Å². The standard InChI is InChI=1S/C13H17N3O2/c1-13(2,7-14)12(18)15-9-3-4-10-8(5-9)6-11(17)16-10/h3-5H,6-7,14H2,1-2H3,(H,15,18)(H,16,17). The molecule has 18 heavy (non-hydrogen) atoms. The lowest BCUT2D eigenvalue weighted by molar-refractivity contribution is -0.123. The summed E-state index contributed by atoms with van der Waals surface area (Å²) in [5, 5.41) is 5.57. The van der Waals surface area contributed by atoms with Gasteiger partial charge in [0.1, 0.15) is 0 Å². The largest absolute Gasteiger partial charge is 0.329 e. The third-order valence-corrected chi connectivity index (χ3v) is 3.11. The molecule has 1 aliphatic rings. The van der Waals surface area contributed by atoms with Crippen molar-refractivity contribution in [1.82, 2.24) is 0 Å².